The SMILES string of the molecule is C[C@H](Nc1ccc(C(F)(F)F)cc1[N+](=O)[O-])C(=O)Oc1ccc2c(c1)OCO2. The van der Waals surface area contributed by atoms with E-state index in [-0.39, 0.29) is 18.2 Å². The molecule has 8 nitrogen and oxygen atoms in total. The first-order valence-corrected chi connectivity index (χ1v) is 7.88. The van der Waals surface area contributed by atoms with Gasteiger partial charge in [-0.05, 0) is 31.2 Å². The number of hydrogen-bond donors (Lipinski definition) is 1. The van der Waals surface area contributed by atoms with E-state index in [4.69, 9.17) is 14.2 Å². The van der Waals surface area contributed by atoms with Crippen LogP contribution < -0.4 is 19.5 Å². The Hall–Kier alpha value is -3.50. The number of nitrogens with one attached hydrogen (secondary N) is 1. The van der Waals surface area contributed by atoms with E-state index in [9.17, 15) is 28.1 Å². The number of carbonyl (C=O) groups excluding carboxylic acids is 1. The van der Waals surface area contributed by atoms with Crippen molar-refractivity contribution in [1.82, 2.24) is 0 Å². The van der Waals surface area contributed by atoms with Crippen molar-refractivity contribution < 1.29 is 37.1 Å². The summed E-state index contributed by atoms with van der Waals surface area (Å²) in [6.45, 7) is 1.40. The summed E-state index contributed by atoms with van der Waals surface area (Å²) in [6.07, 6.45) is -4.73. The molecule has 1 aliphatic heterocycles. The molecular weight excluding hydrogens is 385 g/mol. The molecule has 2 aromatic rings. The van der Waals surface area contributed by atoms with Crippen LogP contribution in [-0.4, -0.2) is 23.7 Å². The van der Waals surface area contributed by atoms with Gasteiger partial charge in [0.1, 0.15) is 17.5 Å². The smallest absolute Gasteiger partial charge is 0.416 e. The molecule has 2 aromatic carbocycles. The van der Waals surface area contributed by atoms with Gasteiger partial charge in [0.25, 0.3) is 5.69 Å². The summed E-state index contributed by atoms with van der Waals surface area (Å²) >= 11 is 0. The van der Waals surface area contributed by atoms with Crippen LogP contribution in [0.1, 0.15) is 12.5 Å². The van der Waals surface area contributed by atoms with Crippen molar-refractivity contribution in [3.8, 4) is 17.2 Å². The van der Waals surface area contributed by atoms with Gasteiger partial charge < -0.3 is 19.5 Å². The molecule has 0 radical (unpaired) electrons. The summed E-state index contributed by atoms with van der Waals surface area (Å²) in [6, 6.07) is 5.35. The molecule has 1 aliphatic rings. The van der Waals surface area contributed by atoms with Crippen LogP contribution in [0, 0.1) is 10.1 Å². The molecule has 0 saturated carbocycles. The van der Waals surface area contributed by atoms with Crippen LogP contribution in [0.15, 0.2) is 36.4 Å². The van der Waals surface area contributed by atoms with E-state index in [0.29, 0.717) is 23.6 Å². The zero-order chi connectivity index (χ0) is 20.5. The minimum Gasteiger partial charge on any atom is -0.454 e. The van der Waals surface area contributed by atoms with Gasteiger partial charge in [0, 0.05) is 12.1 Å². The fourth-order valence-electron chi connectivity index (χ4n) is 2.42. The molecule has 1 heterocycles. The van der Waals surface area contributed by atoms with Gasteiger partial charge in [0.2, 0.25) is 6.79 Å². The third-order valence-electron chi connectivity index (χ3n) is 3.81. The van der Waals surface area contributed by atoms with E-state index in [0.717, 1.165) is 6.07 Å². The number of nitro groups is 1. The molecule has 11 heteroatoms. The van der Waals surface area contributed by atoms with Crippen molar-refractivity contribution in [2.75, 3.05) is 12.1 Å². The van der Waals surface area contributed by atoms with Crippen LogP contribution in [0.4, 0.5) is 24.5 Å². The fourth-order valence-corrected chi connectivity index (χ4v) is 2.42. The van der Waals surface area contributed by atoms with Crippen molar-refractivity contribution in [3.63, 3.8) is 0 Å². The Labute approximate surface area is 156 Å². The monoisotopic (exact) mass is 398 g/mol. The van der Waals surface area contributed by atoms with Gasteiger partial charge in [-0.3, -0.25) is 10.1 Å². The zero-order valence-corrected chi connectivity index (χ0v) is 14.3. The first-order valence-electron chi connectivity index (χ1n) is 7.88. The molecule has 0 fully saturated rings. The van der Waals surface area contributed by atoms with Crippen molar-refractivity contribution in [3.05, 3.63) is 52.1 Å². The lowest BCUT2D eigenvalue weighted by molar-refractivity contribution is -0.384. The van der Waals surface area contributed by atoms with E-state index in [2.05, 4.69) is 5.32 Å². The summed E-state index contributed by atoms with van der Waals surface area (Å²) in [5.41, 5.74) is -2.22. The Bertz CT molecular complexity index is 932. The molecule has 0 aliphatic carbocycles. The van der Waals surface area contributed by atoms with Crippen molar-refractivity contribution in [1.29, 1.82) is 0 Å². The number of hydrogen-bond acceptors (Lipinski definition) is 7. The Balaban J connectivity index is 1.74. The van der Waals surface area contributed by atoms with Crippen LogP contribution >= 0.6 is 0 Å². The second kappa shape index (κ2) is 7.25. The molecule has 0 amide bonds. The maximum Gasteiger partial charge on any atom is 0.416 e. The first-order chi connectivity index (χ1) is 13.1. The highest BCUT2D eigenvalue weighted by Crippen LogP contribution is 2.36. The Morgan fingerprint density at radius 3 is 2.61 bits per heavy atom. The van der Waals surface area contributed by atoms with Crippen LogP contribution in [0.3, 0.4) is 0 Å². The number of esters is 1. The van der Waals surface area contributed by atoms with Gasteiger partial charge in [0.05, 0.1) is 10.5 Å². The van der Waals surface area contributed by atoms with Gasteiger partial charge in [-0.1, -0.05) is 0 Å². The largest absolute Gasteiger partial charge is 0.454 e. The zero-order valence-electron chi connectivity index (χ0n) is 14.3. The summed E-state index contributed by atoms with van der Waals surface area (Å²) in [4.78, 5) is 22.4. The molecule has 0 unspecified atom stereocenters. The average Bonchev–Trinajstić information content (AvgIpc) is 3.08. The van der Waals surface area contributed by atoms with Crippen molar-refractivity contribution >= 4 is 17.3 Å². The third-order valence-corrected chi connectivity index (χ3v) is 3.81. The predicted molar refractivity (Wildman–Crippen MR) is 89.4 cm³/mol. The molecule has 0 saturated heterocycles. The summed E-state index contributed by atoms with van der Waals surface area (Å²) in [7, 11) is 0. The average molecular weight is 398 g/mol. The van der Waals surface area contributed by atoms with Crippen molar-refractivity contribution in [2.24, 2.45) is 0 Å². The van der Waals surface area contributed by atoms with E-state index in [1.54, 1.807) is 6.07 Å². The molecule has 0 bridgehead atoms. The standard InChI is InChI=1S/C17H13F3N2O6/c1-9(16(23)28-11-3-5-14-15(7-11)27-8-26-14)21-12-4-2-10(17(18,19)20)6-13(12)22(24)25/h2-7,9,21H,8H2,1H3/t9-/m0/s1. The van der Waals surface area contributed by atoms with Gasteiger partial charge >= 0.3 is 12.1 Å². The van der Waals surface area contributed by atoms with Crippen LogP contribution in [0.5, 0.6) is 17.2 Å². The van der Waals surface area contributed by atoms with Crippen LogP contribution in [0.25, 0.3) is 0 Å². The number of ether oxygens (including phenoxy) is 3. The molecule has 1 N–H and O–H groups in total. The maximum atomic E-state index is 12.8. The quantitative estimate of drug-likeness (QED) is 0.354. The first kappa shape index (κ1) is 19.3. The normalized spacial score (nSPS) is 13.7. The van der Waals surface area contributed by atoms with Crippen LogP contribution in [-0.2, 0) is 11.0 Å². The molecule has 0 aromatic heterocycles. The lowest BCUT2D eigenvalue weighted by Gasteiger charge is -2.15. The molecule has 3 rings (SSSR count). The number of anilines is 1. The number of nitrogens with zero attached hydrogens (tertiary/aromatic N) is 1. The van der Waals surface area contributed by atoms with Gasteiger partial charge in [0.15, 0.2) is 11.5 Å². The number of carbonyl (C=O) groups is 1. The highest BCUT2D eigenvalue weighted by molar-refractivity contribution is 5.82. The fraction of sp³-hybridized carbons (Fsp3) is 0.235. The lowest BCUT2D eigenvalue weighted by Crippen LogP contribution is -2.30. The number of rotatable bonds is 5. The minimum absolute atomic E-state index is 0.0439. The lowest BCUT2D eigenvalue weighted by atomic mass is 10.1. The van der Waals surface area contributed by atoms with Gasteiger partial charge in [-0.25, -0.2) is 4.79 Å². The highest BCUT2D eigenvalue weighted by atomic mass is 19.4. The van der Waals surface area contributed by atoms with Crippen LogP contribution in [0.2, 0.25) is 0 Å². The topological polar surface area (TPSA) is 99.9 Å². The summed E-state index contributed by atoms with van der Waals surface area (Å²) in [5, 5.41) is 13.6. The van der Waals surface area contributed by atoms with Crippen molar-refractivity contribution in [2.45, 2.75) is 19.1 Å². The van der Waals surface area contributed by atoms with E-state index >= 15 is 0 Å². The number of halogens is 3. The molecule has 1 atom stereocenters. The Morgan fingerprint density at radius 2 is 1.93 bits per heavy atom. The van der Waals surface area contributed by atoms with E-state index in [1.165, 1.54) is 19.1 Å². The summed E-state index contributed by atoms with van der Waals surface area (Å²) < 4.78 is 53.7. The Kier molecular flexibility index (Phi) is 4.99. The van der Waals surface area contributed by atoms with Gasteiger partial charge in [-0.15, -0.1) is 0 Å². The second-order valence-electron chi connectivity index (χ2n) is 5.79. The number of benzene rings is 2. The molecular formula is C17H13F3N2O6. The minimum atomic E-state index is -4.73. The summed E-state index contributed by atoms with van der Waals surface area (Å²) in [5.74, 6) is 0.244. The van der Waals surface area contributed by atoms with E-state index in [1.807, 2.05) is 0 Å². The molecule has 28 heavy (non-hydrogen) atoms. The second-order valence-corrected chi connectivity index (χ2v) is 5.79. The maximum absolute atomic E-state index is 12.8. The number of fused-ring (bicyclic) bond motifs is 1. The Morgan fingerprint density at radius 1 is 1.21 bits per heavy atom. The number of alkyl halides is 3. The molecule has 148 valence electrons. The predicted octanol–water partition coefficient (Wildman–Crippen LogP) is 3.75. The number of nitro benzene ring substituents is 1. The highest BCUT2D eigenvalue weighted by Gasteiger charge is 2.33. The molecule has 0 spiro atoms. The van der Waals surface area contributed by atoms with E-state index < -0.39 is 34.4 Å². The third kappa shape index (κ3) is 4.08. The van der Waals surface area contributed by atoms with Gasteiger partial charge in [-0.2, -0.15) is 13.2 Å².